The van der Waals surface area contributed by atoms with Crippen LogP contribution in [0.5, 0.6) is 5.75 Å². The second-order valence-corrected chi connectivity index (χ2v) is 8.28. The molecule has 6 nitrogen and oxygen atoms in total. The molecule has 0 saturated carbocycles. The van der Waals surface area contributed by atoms with E-state index in [0.717, 1.165) is 46.1 Å². The summed E-state index contributed by atoms with van der Waals surface area (Å²) >= 11 is 0. The monoisotopic (exact) mass is 477 g/mol. The SMILES string of the molecule is CCn1cc(-c2ccc(C#N)cc2)nc1/C=C/c1ccc(-c2ccc(OCCCC(=O)O)cc2)cc1. The van der Waals surface area contributed by atoms with E-state index in [0.29, 0.717) is 18.6 Å². The highest BCUT2D eigenvalue weighted by molar-refractivity contribution is 5.72. The molecule has 1 N–H and O–H groups in total. The van der Waals surface area contributed by atoms with Gasteiger partial charge < -0.3 is 14.4 Å². The zero-order chi connectivity index (χ0) is 25.3. The Morgan fingerprint density at radius 3 is 2.22 bits per heavy atom. The normalized spacial score (nSPS) is 10.9. The van der Waals surface area contributed by atoms with E-state index >= 15 is 0 Å². The standard InChI is InChI=1S/C30H27N3O3/c1-2-33-21-28(26-12-7-23(20-31)8-13-26)32-29(33)18-9-22-5-10-24(11-6-22)25-14-16-27(17-15-25)36-19-3-4-30(34)35/h5-18,21H,2-4,19H2,1H3,(H,34,35)/b18-9+. The van der Waals surface area contributed by atoms with E-state index in [-0.39, 0.29) is 6.42 Å². The van der Waals surface area contributed by atoms with Crippen molar-refractivity contribution in [3.05, 3.63) is 95.9 Å². The van der Waals surface area contributed by atoms with Crippen LogP contribution in [0.1, 0.15) is 36.7 Å². The summed E-state index contributed by atoms with van der Waals surface area (Å²) < 4.78 is 7.71. The third-order valence-corrected chi connectivity index (χ3v) is 5.78. The topological polar surface area (TPSA) is 88.1 Å². The number of carbonyl (C=O) groups is 1. The van der Waals surface area contributed by atoms with Gasteiger partial charge in [0.1, 0.15) is 11.6 Å². The quantitative estimate of drug-likeness (QED) is 0.263. The molecule has 3 aromatic carbocycles. The van der Waals surface area contributed by atoms with Crippen molar-refractivity contribution in [3.8, 4) is 34.2 Å². The average molecular weight is 478 g/mol. The van der Waals surface area contributed by atoms with Gasteiger partial charge in [-0.3, -0.25) is 4.79 Å². The van der Waals surface area contributed by atoms with Gasteiger partial charge in [-0.05, 0) is 60.4 Å². The number of hydrogen-bond donors (Lipinski definition) is 1. The van der Waals surface area contributed by atoms with Gasteiger partial charge in [0.05, 0.1) is 23.9 Å². The fourth-order valence-electron chi connectivity index (χ4n) is 3.79. The summed E-state index contributed by atoms with van der Waals surface area (Å²) in [6.07, 6.45) is 6.69. The predicted octanol–water partition coefficient (Wildman–Crippen LogP) is 6.52. The van der Waals surface area contributed by atoms with Crippen molar-refractivity contribution in [1.82, 2.24) is 9.55 Å². The molecule has 0 spiro atoms. The van der Waals surface area contributed by atoms with Crippen molar-refractivity contribution >= 4 is 18.1 Å². The molecular formula is C30H27N3O3. The van der Waals surface area contributed by atoms with Gasteiger partial charge in [0.2, 0.25) is 0 Å². The molecule has 0 bridgehead atoms. The van der Waals surface area contributed by atoms with E-state index in [1.807, 2.05) is 48.7 Å². The fraction of sp³-hybridized carbons (Fsp3) is 0.167. The van der Waals surface area contributed by atoms with Crippen LogP contribution in [0.4, 0.5) is 0 Å². The summed E-state index contributed by atoms with van der Waals surface area (Å²) in [6.45, 7) is 3.28. The van der Waals surface area contributed by atoms with Crippen LogP contribution in [0.15, 0.2) is 79.0 Å². The maximum absolute atomic E-state index is 10.6. The van der Waals surface area contributed by atoms with Gasteiger partial charge >= 0.3 is 5.97 Å². The first-order valence-electron chi connectivity index (χ1n) is 11.9. The summed E-state index contributed by atoms with van der Waals surface area (Å²) in [5.74, 6) is 0.797. The van der Waals surface area contributed by atoms with Crippen LogP contribution >= 0.6 is 0 Å². The van der Waals surface area contributed by atoms with Crippen LogP contribution in [0.25, 0.3) is 34.5 Å². The molecule has 0 aliphatic heterocycles. The third kappa shape index (κ3) is 6.28. The van der Waals surface area contributed by atoms with Crippen LogP contribution in [-0.2, 0) is 11.3 Å². The van der Waals surface area contributed by atoms with Gasteiger partial charge in [-0.1, -0.05) is 54.6 Å². The molecule has 4 rings (SSSR count). The van der Waals surface area contributed by atoms with E-state index in [4.69, 9.17) is 20.1 Å². The number of imidazole rings is 1. The lowest BCUT2D eigenvalue weighted by Crippen LogP contribution is -2.01. The first-order valence-corrected chi connectivity index (χ1v) is 11.9. The first-order chi connectivity index (χ1) is 17.6. The second kappa shape index (κ2) is 11.7. The van der Waals surface area contributed by atoms with E-state index in [2.05, 4.69) is 47.9 Å². The molecule has 0 fully saturated rings. The molecule has 1 heterocycles. The lowest BCUT2D eigenvalue weighted by atomic mass is 10.0. The molecule has 1 aromatic heterocycles. The molecule has 6 heteroatoms. The van der Waals surface area contributed by atoms with Gasteiger partial charge in [-0.2, -0.15) is 5.26 Å². The van der Waals surface area contributed by atoms with Crippen molar-refractivity contribution in [2.75, 3.05) is 6.61 Å². The van der Waals surface area contributed by atoms with Crippen LogP contribution in [0.3, 0.4) is 0 Å². The Bertz CT molecular complexity index is 1380. The predicted molar refractivity (Wildman–Crippen MR) is 141 cm³/mol. The lowest BCUT2D eigenvalue weighted by Gasteiger charge is -2.07. The molecule has 180 valence electrons. The number of nitrogens with zero attached hydrogens (tertiary/aromatic N) is 3. The largest absolute Gasteiger partial charge is 0.494 e. The molecule has 0 aliphatic carbocycles. The molecule has 0 radical (unpaired) electrons. The molecule has 4 aromatic rings. The highest BCUT2D eigenvalue weighted by atomic mass is 16.5. The number of nitriles is 1. The third-order valence-electron chi connectivity index (χ3n) is 5.78. The van der Waals surface area contributed by atoms with E-state index in [1.54, 1.807) is 12.1 Å². The summed E-state index contributed by atoms with van der Waals surface area (Å²) in [4.78, 5) is 15.4. The minimum absolute atomic E-state index is 0.109. The number of rotatable bonds is 10. The van der Waals surface area contributed by atoms with Crippen LogP contribution < -0.4 is 4.74 Å². The number of benzene rings is 3. The summed E-state index contributed by atoms with van der Waals surface area (Å²) in [5.41, 5.74) is 5.75. The van der Waals surface area contributed by atoms with Crippen LogP contribution in [-0.4, -0.2) is 27.2 Å². The Morgan fingerprint density at radius 1 is 0.972 bits per heavy atom. The zero-order valence-corrected chi connectivity index (χ0v) is 20.1. The highest BCUT2D eigenvalue weighted by Gasteiger charge is 2.07. The summed E-state index contributed by atoms with van der Waals surface area (Å²) in [7, 11) is 0. The molecule has 0 atom stereocenters. The zero-order valence-electron chi connectivity index (χ0n) is 20.1. The minimum atomic E-state index is -0.810. The van der Waals surface area contributed by atoms with Gasteiger partial charge in [0, 0.05) is 24.7 Å². The highest BCUT2D eigenvalue weighted by Crippen LogP contribution is 2.24. The molecule has 0 saturated heterocycles. The van der Waals surface area contributed by atoms with Gasteiger partial charge in [0.25, 0.3) is 0 Å². The van der Waals surface area contributed by atoms with Gasteiger partial charge in [-0.25, -0.2) is 4.98 Å². The lowest BCUT2D eigenvalue weighted by molar-refractivity contribution is -0.137. The summed E-state index contributed by atoms with van der Waals surface area (Å²) in [5, 5.41) is 17.7. The van der Waals surface area contributed by atoms with Crippen molar-refractivity contribution in [3.63, 3.8) is 0 Å². The van der Waals surface area contributed by atoms with Crippen molar-refractivity contribution in [1.29, 1.82) is 5.26 Å². The Balaban J connectivity index is 1.41. The number of carboxylic acids is 1. The van der Waals surface area contributed by atoms with Gasteiger partial charge in [0.15, 0.2) is 0 Å². The Labute approximate surface area is 210 Å². The van der Waals surface area contributed by atoms with Crippen molar-refractivity contribution in [2.24, 2.45) is 0 Å². The smallest absolute Gasteiger partial charge is 0.303 e. The van der Waals surface area contributed by atoms with Crippen LogP contribution in [0.2, 0.25) is 0 Å². The van der Waals surface area contributed by atoms with E-state index in [9.17, 15) is 4.79 Å². The minimum Gasteiger partial charge on any atom is -0.494 e. The summed E-state index contributed by atoms with van der Waals surface area (Å²) in [6, 6.07) is 25.7. The fourth-order valence-corrected chi connectivity index (χ4v) is 3.79. The molecule has 0 amide bonds. The van der Waals surface area contributed by atoms with Crippen molar-refractivity contribution in [2.45, 2.75) is 26.3 Å². The first kappa shape index (κ1) is 24.5. The van der Waals surface area contributed by atoms with Crippen molar-refractivity contribution < 1.29 is 14.6 Å². The second-order valence-electron chi connectivity index (χ2n) is 8.28. The molecular weight excluding hydrogens is 450 g/mol. The number of aromatic nitrogens is 2. The Hall–Kier alpha value is -4.63. The van der Waals surface area contributed by atoms with E-state index in [1.165, 1.54) is 0 Å². The molecule has 0 unspecified atom stereocenters. The Kier molecular flexibility index (Phi) is 7.94. The molecule has 36 heavy (non-hydrogen) atoms. The number of ether oxygens (including phenoxy) is 1. The maximum atomic E-state index is 10.6. The number of aliphatic carboxylic acids is 1. The average Bonchev–Trinajstić information content (AvgIpc) is 3.34. The number of carboxylic acid groups (broad SMARTS) is 1. The van der Waals surface area contributed by atoms with Gasteiger partial charge in [-0.15, -0.1) is 0 Å². The Morgan fingerprint density at radius 2 is 1.61 bits per heavy atom. The number of hydrogen-bond acceptors (Lipinski definition) is 4. The molecule has 0 aliphatic rings. The number of aryl methyl sites for hydroxylation is 1. The van der Waals surface area contributed by atoms with Crippen LogP contribution in [0, 0.1) is 11.3 Å². The van der Waals surface area contributed by atoms with E-state index < -0.39 is 5.97 Å². The maximum Gasteiger partial charge on any atom is 0.303 e.